The van der Waals surface area contributed by atoms with E-state index < -0.39 is 23.4 Å². The maximum absolute atomic E-state index is 13.2. The average molecular weight is 335 g/mol. The second kappa shape index (κ2) is 5.79. The van der Waals surface area contributed by atoms with Crippen LogP contribution in [0.1, 0.15) is 35.5 Å². The van der Waals surface area contributed by atoms with Crippen LogP contribution in [0.2, 0.25) is 5.15 Å². The number of halogens is 4. The molecule has 4 nitrogen and oxygen atoms in total. The zero-order valence-electron chi connectivity index (χ0n) is 12.2. The standard InChI is InChI=1S/C14H14ClF3N2O2/c1-7(2)4-8-5-9(14(16,17)18)12-19-10(13(21)22-3)11(15)20(12)6-8/h5-7H,4H2,1-3H3. The number of rotatable bonds is 3. The maximum atomic E-state index is 13.2. The van der Waals surface area contributed by atoms with E-state index in [2.05, 4.69) is 9.72 Å². The second-order valence-corrected chi connectivity index (χ2v) is 5.65. The first-order valence-corrected chi connectivity index (χ1v) is 6.89. The van der Waals surface area contributed by atoms with Gasteiger partial charge in [0.1, 0.15) is 5.15 Å². The van der Waals surface area contributed by atoms with Gasteiger partial charge in [-0.25, -0.2) is 9.78 Å². The molecule has 8 heteroatoms. The zero-order valence-corrected chi connectivity index (χ0v) is 12.9. The van der Waals surface area contributed by atoms with Crippen molar-refractivity contribution < 1.29 is 22.7 Å². The number of hydrogen-bond donors (Lipinski definition) is 0. The summed E-state index contributed by atoms with van der Waals surface area (Å²) in [7, 11) is 1.11. The first-order valence-electron chi connectivity index (χ1n) is 6.51. The zero-order chi connectivity index (χ0) is 16.7. The molecular formula is C14H14ClF3N2O2. The van der Waals surface area contributed by atoms with Gasteiger partial charge in [0.25, 0.3) is 0 Å². The molecule has 2 aromatic rings. The fourth-order valence-electron chi connectivity index (χ4n) is 2.19. The van der Waals surface area contributed by atoms with Gasteiger partial charge in [-0.3, -0.25) is 4.40 Å². The number of carbonyl (C=O) groups excluding carboxylic acids is 1. The minimum absolute atomic E-state index is 0.168. The first kappa shape index (κ1) is 16.6. The van der Waals surface area contributed by atoms with E-state index in [1.54, 1.807) is 0 Å². The van der Waals surface area contributed by atoms with Gasteiger partial charge in [0.05, 0.1) is 12.7 Å². The number of methoxy groups -OCH3 is 1. The number of hydrogen-bond acceptors (Lipinski definition) is 3. The summed E-state index contributed by atoms with van der Waals surface area (Å²) in [5, 5.41) is -0.196. The summed E-state index contributed by atoms with van der Waals surface area (Å²) in [5.74, 6) is -0.715. The lowest BCUT2D eigenvalue weighted by Gasteiger charge is -2.12. The van der Waals surface area contributed by atoms with Crippen molar-refractivity contribution in [1.29, 1.82) is 0 Å². The fourth-order valence-corrected chi connectivity index (χ4v) is 2.44. The topological polar surface area (TPSA) is 43.6 Å². The van der Waals surface area contributed by atoms with Crippen LogP contribution < -0.4 is 0 Å². The third-order valence-corrected chi connectivity index (χ3v) is 3.41. The number of pyridine rings is 1. The van der Waals surface area contributed by atoms with Crippen molar-refractivity contribution in [2.45, 2.75) is 26.4 Å². The molecule has 0 aliphatic carbocycles. The van der Waals surface area contributed by atoms with Crippen LogP contribution in [-0.4, -0.2) is 22.5 Å². The summed E-state index contributed by atoms with van der Waals surface area (Å²) >= 11 is 5.99. The molecule has 0 amide bonds. The Kier molecular flexibility index (Phi) is 4.37. The summed E-state index contributed by atoms with van der Waals surface area (Å²) < 4.78 is 45.3. The molecule has 0 bridgehead atoms. The highest BCUT2D eigenvalue weighted by atomic mass is 35.5. The normalized spacial score (nSPS) is 12.2. The molecule has 120 valence electrons. The Balaban J connectivity index is 2.76. The van der Waals surface area contributed by atoms with E-state index in [1.165, 1.54) is 6.20 Å². The van der Waals surface area contributed by atoms with Crippen LogP contribution in [0.25, 0.3) is 5.65 Å². The molecular weight excluding hydrogens is 321 g/mol. The second-order valence-electron chi connectivity index (χ2n) is 5.29. The molecule has 22 heavy (non-hydrogen) atoms. The summed E-state index contributed by atoms with van der Waals surface area (Å²) in [4.78, 5) is 15.3. The number of ether oxygens (including phenoxy) is 1. The van der Waals surface area contributed by atoms with Gasteiger partial charge in [0.15, 0.2) is 11.3 Å². The molecule has 0 aromatic carbocycles. The molecule has 0 aliphatic heterocycles. The highest BCUT2D eigenvalue weighted by molar-refractivity contribution is 6.32. The van der Waals surface area contributed by atoms with E-state index in [-0.39, 0.29) is 16.8 Å². The predicted molar refractivity (Wildman–Crippen MR) is 75.1 cm³/mol. The van der Waals surface area contributed by atoms with Crippen molar-refractivity contribution in [2.24, 2.45) is 5.92 Å². The molecule has 0 atom stereocenters. The van der Waals surface area contributed by atoms with Crippen LogP contribution in [0, 0.1) is 5.92 Å². The van der Waals surface area contributed by atoms with Gasteiger partial charge in [-0.15, -0.1) is 0 Å². The Hall–Kier alpha value is -1.76. The Morgan fingerprint density at radius 1 is 1.45 bits per heavy atom. The van der Waals surface area contributed by atoms with Crippen molar-refractivity contribution in [2.75, 3.05) is 7.11 Å². The molecule has 0 saturated carbocycles. The minimum atomic E-state index is -4.60. The average Bonchev–Trinajstić information content (AvgIpc) is 2.73. The molecule has 0 N–H and O–H groups in total. The van der Waals surface area contributed by atoms with E-state index in [9.17, 15) is 18.0 Å². The molecule has 0 fully saturated rings. The largest absolute Gasteiger partial charge is 0.464 e. The van der Waals surface area contributed by atoms with Gasteiger partial charge in [-0.2, -0.15) is 13.2 Å². The monoisotopic (exact) mass is 334 g/mol. The SMILES string of the molecule is COC(=O)c1nc2c(C(F)(F)F)cc(CC(C)C)cn2c1Cl. The number of carbonyl (C=O) groups is 1. The Morgan fingerprint density at radius 2 is 2.09 bits per heavy atom. The van der Waals surface area contributed by atoms with Crippen molar-refractivity contribution in [3.63, 3.8) is 0 Å². The molecule has 2 rings (SSSR count). The third-order valence-electron chi connectivity index (χ3n) is 3.05. The number of alkyl halides is 3. The number of esters is 1. The van der Waals surface area contributed by atoms with Crippen LogP contribution in [0.4, 0.5) is 13.2 Å². The Bertz CT molecular complexity index is 723. The van der Waals surface area contributed by atoms with Crippen molar-refractivity contribution in [1.82, 2.24) is 9.38 Å². The lowest BCUT2D eigenvalue weighted by atomic mass is 10.0. The molecule has 0 radical (unpaired) electrons. The summed E-state index contributed by atoms with van der Waals surface area (Å²) in [6, 6.07) is 1.04. The van der Waals surface area contributed by atoms with Gasteiger partial charge in [0.2, 0.25) is 0 Å². The smallest absolute Gasteiger partial charge is 0.419 e. The van der Waals surface area contributed by atoms with Crippen LogP contribution in [-0.2, 0) is 17.3 Å². The van der Waals surface area contributed by atoms with Gasteiger partial charge in [-0.05, 0) is 24.0 Å². The number of nitrogens with zero attached hydrogens (tertiary/aromatic N) is 2. The van der Waals surface area contributed by atoms with E-state index in [0.29, 0.717) is 12.0 Å². The fraction of sp³-hybridized carbons (Fsp3) is 0.429. The molecule has 0 aliphatic rings. The lowest BCUT2D eigenvalue weighted by molar-refractivity contribution is -0.136. The van der Waals surface area contributed by atoms with Crippen molar-refractivity contribution in [3.05, 3.63) is 34.2 Å². The number of imidazole rings is 1. The van der Waals surface area contributed by atoms with Crippen molar-refractivity contribution >= 4 is 23.2 Å². The molecule has 2 heterocycles. The van der Waals surface area contributed by atoms with Gasteiger partial charge in [0, 0.05) is 6.20 Å². The number of fused-ring (bicyclic) bond motifs is 1. The van der Waals surface area contributed by atoms with Crippen LogP contribution in [0.5, 0.6) is 0 Å². The van der Waals surface area contributed by atoms with Gasteiger partial charge in [-0.1, -0.05) is 25.4 Å². The first-order chi connectivity index (χ1) is 10.1. The molecule has 0 unspecified atom stereocenters. The van der Waals surface area contributed by atoms with Gasteiger partial charge < -0.3 is 4.74 Å². The van der Waals surface area contributed by atoms with Crippen LogP contribution in [0.15, 0.2) is 12.3 Å². The van der Waals surface area contributed by atoms with Crippen LogP contribution in [0.3, 0.4) is 0 Å². The highest BCUT2D eigenvalue weighted by Gasteiger charge is 2.36. The minimum Gasteiger partial charge on any atom is -0.464 e. The van der Waals surface area contributed by atoms with Gasteiger partial charge >= 0.3 is 12.1 Å². The molecule has 0 spiro atoms. The molecule has 2 aromatic heterocycles. The summed E-state index contributed by atoms with van der Waals surface area (Å²) in [5.41, 5.74) is -1.21. The van der Waals surface area contributed by atoms with Crippen LogP contribution >= 0.6 is 11.6 Å². The van der Waals surface area contributed by atoms with Crippen molar-refractivity contribution in [3.8, 4) is 0 Å². The highest BCUT2D eigenvalue weighted by Crippen LogP contribution is 2.35. The predicted octanol–water partition coefficient (Wildman–Crippen LogP) is 3.99. The van der Waals surface area contributed by atoms with E-state index >= 15 is 0 Å². The van der Waals surface area contributed by atoms with E-state index in [1.807, 2.05) is 13.8 Å². The Morgan fingerprint density at radius 3 is 2.59 bits per heavy atom. The van der Waals surface area contributed by atoms with E-state index in [4.69, 9.17) is 11.6 Å². The summed E-state index contributed by atoms with van der Waals surface area (Å²) in [6.45, 7) is 3.79. The number of aromatic nitrogens is 2. The Labute approximate surface area is 129 Å². The maximum Gasteiger partial charge on any atom is 0.419 e. The summed E-state index contributed by atoms with van der Waals surface area (Å²) in [6.07, 6.45) is -2.69. The third kappa shape index (κ3) is 3.04. The quantitative estimate of drug-likeness (QED) is 0.797. The lowest BCUT2D eigenvalue weighted by Crippen LogP contribution is -2.10. The van der Waals surface area contributed by atoms with E-state index in [0.717, 1.165) is 17.6 Å². The molecule has 0 saturated heterocycles.